The predicted molar refractivity (Wildman–Crippen MR) is 82.9 cm³/mol. The zero-order valence-corrected chi connectivity index (χ0v) is 12.6. The van der Waals surface area contributed by atoms with E-state index in [1.165, 1.54) is 37.7 Å². The van der Waals surface area contributed by atoms with Gasteiger partial charge in [-0.1, -0.05) is 31.6 Å². The predicted octanol–water partition coefficient (Wildman–Crippen LogP) is 5.02. The fraction of sp³-hybridized carbons (Fsp3) is 0.579. The molecule has 1 nitrogen and oxygen atoms in total. The topological polar surface area (TPSA) is 9.23 Å². The average molecular weight is 268 g/mol. The fourth-order valence-electron chi connectivity index (χ4n) is 5.19. The van der Waals surface area contributed by atoms with E-state index in [1.54, 1.807) is 12.7 Å². The minimum Gasteiger partial charge on any atom is -0.497 e. The standard InChI is InChI=1S/C19H24O/c1-19-10-3-4-18(19)17-7-5-13-12-14(20-2)6-8-15(13)16(17)9-11-19/h5-8,12,16-18H,3-4,9-11H2,1-2H3/t16-,17-,18+,19+/m1/s1. The number of rotatable bonds is 1. The maximum absolute atomic E-state index is 5.37. The van der Waals surface area contributed by atoms with Gasteiger partial charge < -0.3 is 4.74 Å². The molecule has 20 heavy (non-hydrogen) atoms. The number of fused-ring (bicyclic) bond motifs is 5. The second-order valence-corrected chi connectivity index (χ2v) is 7.23. The molecule has 0 saturated heterocycles. The quantitative estimate of drug-likeness (QED) is 0.694. The van der Waals surface area contributed by atoms with Crippen molar-refractivity contribution in [2.24, 2.45) is 17.3 Å². The molecule has 4 atom stereocenters. The summed E-state index contributed by atoms with van der Waals surface area (Å²) in [5, 5.41) is 0. The smallest absolute Gasteiger partial charge is 0.119 e. The van der Waals surface area contributed by atoms with Crippen molar-refractivity contribution in [2.45, 2.75) is 44.9 Å². The van der Waals surface area contributed by atoms with Crippen LogP contribution in [0.25, 0.3) is 6.08 Å². The van der Waals surface area contributed by atoms with Crippen molar-refractivity contribution < 1.29 is 4.74 Å². The average Bonchev–Trinajstić information content (AvgIpc) is 2.88. The second kappa shape index (κ2) is 4.38. The van der Waals surface area contributed by atoms with E-state index in [2.05, 4.69) is 37.3 Å². The first-order chi connectivity index (χ1) is 9.71. The van der Waals surface area contributed by atoms with Gasteiger partial charge in [0.05, 0.1) is 7.11 Å². The number of allylic oxidation sites excluding steroid dienone is 1. The van der Waals surface area contributed by atoms with E-state index in [9.17, 15) is 0 Å². The molecule has 0 spiro atoms. The first-order valence-corrected chi connectivity index (χ1v) is 8.07. The van der Waals surface area contributed by atoms with E-state index in [1.807, 2.05) is 0 Å². The Morgan fingerprint density at radius 2 is 2.10 bits per heavy atom. The molecule has 0 heterocycles. The highest BCUT2D eigenvalue weighted by Crippen LogP contribution is 2.60. The summed E-state index contributed by atoms with van der Waals surface area (Å²) in [4.78, 5) is 0. The summed E-state index contributed by atoms with van der Waals surface area (Å²) in [6.45, 7) is 2.54. The summed E-state index contributed by atoms with van der Waals surface area (Å²) in [5.74, 6) is 3.41. The van der Waals surface area contributed by atoms with Crippen LogP contribution in [0, 0.1) is 17.3 Å². The van der Waals surface area contributed by atoms with Crippen molar-refractivity contribution in [3.05, 3.63) is 35.4 Å². The molecule has 0 aromatic heterocycles. The van der Waals surface area contributed by atoms with Crippen LogP contribution in [-0.4, -0.2) is 7.11 Å². The normalized spacial score (nSPS) is 38.0. The summed E-state index contributed by atoms with van der Waals surface area (Å²) in [5.41, 5.74) is 3.56. The molecule has 2 fully saturated rings. The number of hydrogen-bond acceptors (Lipinski definition) is 1. The highest BCUT2D eigenvalue weighted by atomic mass is 16.5. The van der Waals surface area contributed by atoms with Gasteiger partial charge in [0.2, 0.25) is 0 Å². The molecule has 0 bridgehead atoms. The summed E-state index contributed by atoms with van der Waals surface area (Å²) >= 11 is 0. The molecule has 0 radical (unpaired) electrons. The maximum Gasteiger partial charge on any atom is 0.119 e. The molecule has 2 saturated carbocycles. The zero-order chi connectivity index (χ0) is 13.7. The van der Waals surface area contributed by atoms with Gasteiger partial charge in [0.25, 0.3) is 0 Å². The van der Waals surface area contributed by atoms with E-state index < -0.39 is 0 Å². The molecular weight excluding hydrogens is 244 g/mol. The van der Waals surface area contributed by atoms with Gasteiger partial charge in [-0.3, -0.25) is 0 Å². The van der Waals surface area contributed by atoms with E-state index in [0.29, 0.717) is 5.41 Å². The Labute approximate surface area is 122 Å². The first kappa shape index (κ1) is 12.5. The lowest BCUT2D eigenvalue weighted by molar-refractivity contribution is 0.0946. The van der Waals surface area contributed by atoms with Gasteiger partial charge in [-0.2, -0.15) is 0 Å². The van der Waals surface area contributed by atoms with Crippen LogP contribution in [0.1, 0.15) is 56.1 Å². The van der Waals surface area contributed by atoms with Crippen molar-refractivity contribution in [1.82, 2.24) is 0 Å². The minimum absolute atomic E-state index is 0.621. The third kappa shape index (κ3) is 1.68. The van der Waals surface area contributed by atoms with Gasteiger partial charge in [0.1, 0.15) is 5.75 Å². The van der Waals surface area contributed by atoms with Crippen LogP contribution in [0.4, 0.5) is 0 Å². The highest BCUT2D eigenvalue weighted by molar-refractivity contribution is 5.61. The van der Waals surface area contributed by atoms with Gasteiger partial charge >= 0.3 is 0 Å². The molecule has 0 N–H and O–H groups in total. The molecule has 0 amide bonds. The van der Waals surface area contributed by atoms with Gasteiger partial charge in [0, 0.05) is 0 Å². The Morgan fingerprint density at radius 1 is 1.20 bits per heavy atom. The highest BCUT2D eigenvalue weighted by Gasteiger charge is 2.49. The van der Waals surface area contributed by atoms with E-state index in [4.69, 9.17) is 4.74 Å². The number of benzene rings is 1. The number of hydrogen-bond donors (Lipinski definition) is 0. The van der Waals surface area contributed by atoms with Crippen LogP contribution in [-0.2, 0) is 0 Å². The van der Waals surface area contributed by atoms with Crippen LogP contribution in [0.15, 0.2) is 24.3 Å². The Morgan fingerprint density at radius 3 is 2.95 bits per heavy atom. The molecule has 0 aliphatic heterocycles. The van der Waals surface area contributed by atoms with Crippen molar-refractivity contribution in [3.8, 4) is 5.75 Å². The van der Waals surface area contributed by atoms with E-state index in [-0.39, 0.29) is 0 Å². The van der Waals surface area contributed by atoms with E-state index in [0.717, 1.165) is 23.5 Å². The number of methoxy groups -OCH3 is 1. The Bertz CT molecular complexity index is 559. The lowest BCUT2D eigenvalue weighted by Gasteiger charge is -2.47. The summed E-state index contributed by atoms with van der Waals surface area (Å²) in [6.07, 6.45) is 12.0. The van der Waals surface area contributed by atoms with Crippen molar-refractivity contribution in [1.29, 1.82) is 0 Å². The molecule has 1 aromatic carbocycles. The molecule has 1 aromatic rings. The van der Waals surface area contributed by atoms with Crippen LogP contribution >= 0.6 is 0 Å². The van der Waals surface area contributed by atoms with E-state index >= 15 is 0 Å². The largest absolute Gasteiger partial charge is 0.497 e. The maximum atomic E-state index is 5.37. The molecule has 4 rings (SSSR count). The third-order valence-corrected chi connectivity index (χ3v) is 6.31. The third-order valence-electron chi connectivity index (χ3n) is 6.31. The molecule has 3 aliphatic rings. The van der Waals surface area contributed by atoms with Crippen LogP contribution < -0.4 is 4.74 Å². The van der Waals surface area contributed by atoms with Crippen LogP contribution in [0.2, 0.25) is 0 Å². The Hall–Kier alpha value is -1.24. The lowest BCUT2D eigenvalue weighted by Crippen LogP contribution is -2.37. The van der Waals surface area contributed by atoms with Crippen molar-refractivity contribution in [3.63, 3.8) is 0 Å². The van der Waals surface area contributed by atoms with Gasteiger partial charge in [0.15, 0.2) is 0 Å². The molecule has 106 valence electrons. The second-order valence-electron chi connectivity index (χ2n) is 7.23. The summed E-state index contributed by atoms with van der Waals surface area (Å²) < 4.78 is 5.37. The van der Waals surface area contributed by atoms with Gasteiger partial charge in [-0.25, -0.2) is 0 Å². The Balaban J connectivity index is 1.73. The molecule has 1 heteroatoms. The SMILES string of the molecule is COc1ccc2c(c1)C=C[C@@H]1[C@@H]2CC[C@]2(C)CCC[C@@H]12. The lowest BCUT2D eigenvalue weighted by atomic mass is 9.57. The van der Waals surface area contributed by atoms with Crippen LogP contribution in [0.3, 0.4) is 0 Å². The van der Waals surface area contributed by atoms with Gasteiger partial charge in [-0.05, 0) is 72.1 Å². The summed E-state index contributed by atoms with van der Waals surface area (Å²) in [6, 6.07) is 6.65. The van der Waals surface area contributed by atoms with Crippen LogP contribution in [0.5, 0.6) is 5.75 Å². The first-order valence-electron chi connectivity index (χ1n) is 8.07. The molecule has 3 aliphatic carbocycles. The number of ether oxygens (including phenoxy) is 1. The zero-order valence-electron chi connectivity index (χ0n) is 12.6. The summed E-state index contributed by atoms with van der Waals surface area (Å²) in [7, 11) is 1.75. The van der Waals surface area contributed by atoms with Gasteiger partial charge in [-0.15, -0.1) is 0 Å². The fourth-order valence-corrected chi connectivity index (χ4v) is 5.19. The molecule has 0 unspecified atom stereocenters. The Kier molecular flexibility index (Phi) is 2.73. The monoisotopic (exact) mass is 268 g/mol. The van der Waals surface area contributed by atoms with Crippen molar-refractivity contribution in [2.75, 3.05) is 7.11 Å². The minimum atomic E-state index is 0.621. The van der Waals surface area contributed by atoms with Crippen molar-refractivity contribution >= 4 is 6.08 Å². The molecular formula is C19H24O.